The minimum atomic E-state index is -3.84. The third-order valence-corrected chi connectivity index (χ3v) is 8.06. The Morgan fingerprint density at radius 2 is 2.00 bits per heavy atom. The van der Waals surface area contributed by atoms with E-state index in [1.807, 2.05) is 0 Å². The van der Waals surface area contributed by atoms with E-state index in [1.165, 1.54) is 17.6 Å². The van der Waals surface area contributed by atoms with Crippen LogP contribution in [0.4, 0.5) is 8.78 Å². The largest absolute Gasteiger partial charge is 0.364 e. The molecule has 11 heteroatoms. The Bertz CT molecular complexity index is 991. The molecular formula is C16H18F2N4O3S2. The summed E-state index contributed by atoms with van der Waals surface area (Å²) >= 11 is 1.32. The molecule has 3 fully saturated rings. The highest BCUT2D eigenvalue weighted by Crippen LogP contribution is 2.75. The van der Waals surface area contributed by atoms with E-state index >= 15 is 0 Å². The molecule has 5 rings (SSSR count). The lowest BCUT2D eigenvalue weighted by atomic mass is 9.91. The normalized spacial score (nSPS) is 27.1. The molecule has 2 aromatic rings. The van der Waals surface area contributed by atoms with Crippen molar-refractivity contribution in [1.29, 1.82) is 0 Å². The van der Waals surface area contributed by atoms with Crippen LogP contribution < -0.4 is 5.14 Å². The number of piperidine rings is 1. The molecule has 0 amide bonds. The zero-order valence-electron chi connectivity index (χ0n) is 14.3. The Hall–Kier alpha value is -1.43. The number of nitrogens with zero attached hydrogens (tertiary/aromatic N) is 3. The van der Waals surface area contributed by atoms with Crippen LogP contribution in [-0.4, -0.2) is 41.9 Å². The number of hydrogen-bond acceptors (Lipinski definition) is 6. The topological polar surface area (TPSA) is 102 Å². The Morgan fingerprint density at radius 3 is 2.63 bits per heavy atom. The molecule has 0 radical (unpaired) electrons. The Balaban J connectivity index is 1.40. The van der Waals surface area contributed by atoms with Crippen LogP contribution in [0, 0.1) is 5.41 Å². The number of thiazole rings is 1. The Morgan fingerprint density at radius 1 is 1.30 bits per heavy atom. The number of halogens is 2. The van der Waals surface area contributed by atoms with E-state index in [0.29, 0.717) is 16.6 Å². The van der Waals surface area contributed by atoms with Crippen molar-refractivity contribution in [3.8, 4) is 10.6 Å². The van der Waals surface area contributed by atoms with Crippen molar-refractivity contribution in [2.45, 2.75) is 43.4 Å². The first-order valence-corrected chi connectivity index (χ1v) is 11.2. The molecule has 1 spiro atoms. The molecule has 2 N–H and O–H groups in total. The summed E-state index contributed by atoms with van der Waals surface area (Å²) in [5, 5.41) is 11.5. The fourth-order valence-corrected chi connectivity index (χ4v) is 5.89. The quantitative estimate of drug-likeness (QED) is 0.826. The summed E-state index contributed by atoms with van der Waals surface area (Å²) in [6.07, 6.45) is 3.80. The molecule has 3 aliphatic rings. The summed E-state index contributed by atoms with van der Waals surface area (Å²) in [5.74, 6) is -3.50. The number of nitrogens with two attached hydrogens (primary N) is 1. The molecule has 3 heterocycles. The maximum Gasteiger partial charge on any atom is 0.276 e. The third kappa shape index (κ3) is 2.59. The molecule has 1 atom stereocenters. The van der Waals surface area contributed by atoms with Crippen LogP contribution in [0.2, 0.25) is 0 Å². The molecule has 0 unspecified atom stereocenters. The van der Waals surface area contributed by atoms with Crippen molar-refractivity contribution < 1.29 is 21.7 Å². The summed E-state index contributed by atoms with van der Waals surface area (Å²) in [4.78, 5) is 4.48. The van der Waals surface area contributed by atoms with Crippen molar-refractivity contribution in [2.75, 3.05) is 13.1 Å². The van der Waals surface area contributed by atoms with Gasteiger partial charge in [0.25, 0.3) is 16.1 Å². The van der Waals surface area contributed by atoms with Gasteiger partial charge in [-0.15, -0.1) is 11.3 Å². The van der Waals surface area contributed by atoms with Gasteiger partial charge in [-0.1, -0.05) is 5.16 Å². The first-order chi connectivity index (χ1) is 12.7. The summed E-state index contributed by atoms with van der Waals surface area (Å²) in [5.41, 5.74) is 0.783. The molecular weight excluding hydrogens is 398 g/mol. The second kappa shape index (κ2) is 5.56. The first kappa shape index (κ1) is 17.7. The van der Waals surface area contributed by atoms with Gasteiger partial charge in [0.1, 0.15) is 11.3 Å². The zero-order chi connectivity index (χ0) is 19.0. The first-order valence-electron chi connectivity index (χ1n) is 8.80. The van der Waals surface area contributed by atoms with Crippen molar-refractivity contribution >= 4 is 21.5 Å². The highest BCUT2D eigenvalue weighted by Gasteiger charge is 2.81. The van der Waals surface area contributed by atoms with Crippen LogP contribution in [0.1, 0.15) is 48.9 Å². The van der Waals surface area contributed by atoms with Crippen LogP contribution in [0.3, 0.4) is 0 Å². The van der Waals surface area contributed by atoms with Crippen LogP contribution in [-0.2, 0) is 10.2 Å². The third-order valence-electron chi connectivity index (χ3n) is 6.08. The number of hydrogen-bond donors (Lipinski definition) is 1. The second-order valence-corrected chi connectivity index (χ2v) is 10.0. The fraction of sp³-hybridized carbons (Fsp3) is 0.625. The highest BCUT2D eigenvalue weighted by molar-refractivity contribution is 7.86. The van der Waals surface area contributed by atoms with E-state index in [0.717, 1.165) is 28.4 Å². The van der Waals surface area contributed by atoms with Gasteiger partial charge in [-0.2, -0.15) is 12.7 Å². The molecule has 146 valence electrons. The predicted molar refractivity (Wildman–Crippen MR) is 93.6 cm³/mol. The van der Waals surface area contributed by atoms with E-state index < -0.39 is 27.5 Å². The molecule has 1 saturated heterocycles. The number of aromatic nitrogens is 2. The summed E-state index contributed by atoms with van der Waals surface area (Å²) in [6.45, 7) is 0.0266. The Labute approximate surface area is 158 Å². The van der Waals surface area contributed by atoms with Gasteiger partial charge < -0.3 is 4.52 Å². The monoisotopic (exact) mass is 416 g/mol. The van der Waals surface area contributed by atoms with Crippen LogP contribution in [0.15, 0.2) is 16.2 Å². The molecule has 1 aliphatic heterocycles. The molecule has 2 saturated carbocycles. The van der Waals surface area contributed by atoms with Gasteiger partial charge in [0.2, 0.25) is 0 Å². The van der Waals surface area contributed by atoms with Crippen molar-refractivity contribution in [2.24, 2.45) is 10.6 Å². The maximum absolute atomic E-state index is 14.8. The van der Waals surface area contributed by atoms with Crippen molar-refractivity contribution in [3.05, 3.63) is 23.0 Å². The number of alkyl halides is 2. The maximum atomic E-state index is 14.8. The lowest BCUT2D eigenvalue weighted by Gasteiger charge is -2.30. The second-order valence-electron chi connectivity index (χ2n) is 7.62. The summed E-state index contributed by atoms with van der Waals surface area (Å²) < 4.78 is 58.5. The predicted octanol–water partition coefficient (Wildman–Crippen LogP) is 2.69. The van der Waals surface area contributed by atoms with E-state index in [1.54, 1.807) is 5.38 Å². The van der Waals surface area contributed by atoms with Gasteiger partial charge in [-0.05, 0) is 25.7 Å². The standard InChI is InChI=1S/C16H18F2N4O3S2/c17-16(18)13(15(16)3-5-22(6-4-15)27(19,23)24)11-8-26-14(20-11)10-7-25-21-12(10)9-1-2-9/h7-9,13H,1-6H2,(H2,19,23,24)/t13-/m0/s1. The highest BCUT2D eigenvalue weighted by atomic mass is 32.2. The summed E-state index contributed by atoms with van der Waals surface area (Å²) in [7, 11) is -3.84. The lowest BCUT2D eigenvalue weighted by molar-refractivity contribution is 0.0412. The van der Waals surface area contributed by atoms with E-state index in [4.69, 9.17) is 9.66 Å². The van der Waals surface area contributed by atoms with Gasteiger partial charge in [0.05, 0.1) is 28.3 Å². The average Bonchev–Trinajstić information content (AvgIpc) is 3.32. The number of rotatable bonds is 4. The molecule has 0 aromatic carbocycles. The van der Waals surface area contributed by atoms with Crippen LogP contribution in [0.25, 0.3) is 10.6 Å². The van der Waals surface area contributed by atoms with Crippen molar-refractivity contribution in [1.82, 2.24) is 14.4 Å². The minimum absolute atomic E-state index is 0.0133. The Kier molecular flexibility index (Phi) is 3.63. The van der Waals surface area contributed by atoms with E-state index in [2.05, 4.69) is 10.1 Å². The van der Waals surface area contributed by atoms with E-state index in [-0.39, 0.29) is 25.9 Å². The molecule has 0 bridgehead atoms. The van der Waals surface area contributed by atoms with E-state index in [9.17, 15) is 17.2 Å². The summed E-state index contributed by atoms with van der Waals surface area (Å²) in [6, 6.07) is 0. The van der Waals surface area contributed by atoms with Gasteiger partial charge in [-0.3, -0.25) is 0 Å². The molecule has 2 aromatic heterocycles. The van der Waals surface area contributed by atoms with Crippen LogP contribution >= 0.6 is 11.3 Å². The van der Waals surface area contributed by atoms with Crippen molar-refractivity contribution in [3.63, 3.8) is 0 Å². The van der Waals surface area contributed by atoms with Gasteiger partial charge in [0, 0.05) is 24.4 Å². The van der Waals surface area contributed by atoms with Gasteiger partial charge in [0.15, 0.2) is 0 Å². The lowest BCUT2D eigenvalue weighted by Crippen LogP contribution is -2.43. The minimum Gasteiger partial charge on any atom is -0.364 e. The molecule has 7 nitrogen and oxygen atoms in total. The molecule has 27 heavy (non-hydrogen) atoms. The average molecular weight is 416 g/mol. The molecule has 2 aliphatic carbocycles. The van der Waals surface area contributed by atoms with Gasteiger partial charge >= 0.3 is 0 Å². The van der Waals surface area contributed by atoms with Crippen LogP contribution in [0.5, 0.6) is 0 Å². The fourth-order valence-electron chi connectivity index (χ4n) is 4.34. The smallest absolute Gasteiger partial charge is 0.276 e. The van der Waals surface area contributed by atoms with Gasteiger partial charge in [-0.25, -0.2) is 18.9 Å². The zero-order valence-corrected chi connectivity index (χ0v) is 15.9. The SMILES string of the molecule is NS(=O)(=O)N1CCC2(CC1)[C@H](c1csc(-c3conc3C3CC3)n1)C2(F)F.